The van der Waals surface area contributed by atoms with Crippen molar-refractivity contribution in [1.82, 2.24) is 0 Å². The minimum Gasteiger partial charge on any atom is -0.481 e. The number of hydrogen-bond donors (Lipinski definition) is 4. The third-order valence-electron chi connectivity index (χ3n) is 1.65. The van der Waals surface area contributed by atoms with Gasteiger partial charge < -0.3 is 20.1 Å². The second-order valence-corrected chi connectivity index (χ2v) is 4.59. The maximum absolute atomic E-state index is 10.3. The molecule has 1 unspecified atom stereocenters. The second kappa shape index (κ2) is 14.2. The molecule has 0 rings (SSSR count). The van der Waals surface area contributed by atoms with Gasteiger partial charge in [-0.3, -0.25) is 9.32 Å². The lowest BCUT2D eigenvalue weighted by molar-refractivity contribution is -0.742. The number of hydrogen-bond acceptors (Lipinski definition) is 5. The minimum atomic E-state index is -4.27. The Morgan fingerprint density at radius 2 is 1.70 bits per heavy atom. The average Bonchev–Trinajstić information content (AvgIpc) is 2.26. The summed E-state index contributed by atoms with van der Waals surface area (Å²) >= 11 is 0. The fourth-order valence-corrected chi connectivity index (χ4v) is 1.49. The molecule has 0 spiro atoms. The molecular formula is C9H22NO9P. The largest absolute Gasteiger partial charge is 0.481 e. The highest BCUT2D eigenvalue weighted by molar-refractivity contribution is 7.46. The van der Waals surface area contributed by atoms with Crippen LogP contribution < -0.4 is 0 Å². The van der Waals surface area contributed by atoms with Crippen molar-refractivity contribution in [2.45, 2.75) is 52.6 Å². The molecule has 20 heavy (non-hydrogen) atoms. The smallest absolute Gasteiger partial charge is 0.469 e. The molecule has 0 heterocycles. The van der Waals surface area contributed by atoms with Crippen molar-refractivity contribution in [1.29, 1.82) is 0 Å². The molecule has 0 amide bonds. The van der Waals surface area contributed by atoms with Crippen molar-refractivity contribution in [3.05, 3.63) is 10.1 Å². The lowest BCUT2D eigenvalue weighted by Gasteiger charge is -2.14. The van der Waals surface area contributed by atoms with Crippen molar-refractivity contribution >= 4 is 13.8 Å². The van der Waals surface area contributed by atoms with Crippen LogP contribution in [-0.2, 0) is 13.9 Å². The van der Waals surface area contributed by atoms with E-state index in [2.05, 4.69) is 4.52 Å². The van der Waals surface area contributed by atoms with Gasteiger partial charge in [0.1, 0.15) is 0 Å². The van der Waals surface area contributed by atoms with Gasteiger partial charge in [0, 0.05) is 6.42 Å². The van der Waals surface area contributed by atoms with Crippen LogP contribution in [0.1, 0.15) is 46.5 Å². The van der Waals surface area contributed by atoms with Crippen molar-refractivity contribution in [3.8, 4) is 0 Å². The van der Waals surface area contributed by atoms with Crippen LogP contribution in [0.15, 0.2) is 0 Å². The van der Waals surface area contributed by atoms with E-state index in [0.29, 0.717) is 12.8 Å². The van der Waals surface area contributed by atoms with E-state index in [-0.39, 0.29) is 12.5 Å². The predicted octanol–water partition coefficient (Wildman–Crippen LogP) is 1.81. The van der Waals surface area contributed by atoms with Gasteiger partial charge in [0.15, 0.2) is 0 Å². The fraction of sp³-hybridized carbons (Fsp3) is 0.889. The molecular weight excluding hydrogens is 297 g/mol. The molecule has 0 bridgehead atoms. The van der Waals surface area contributed by atoms with Crippen molar-refractivity contribution in [2.75, 3.05) is 0 Å². The van der Waals surface area contributed by atoms with E-state index in [9.17, 15) is 9.36 Å². The molecule has 1 atom stereocenters. The molecule has 10 nitrogen and oxygen atoms in total. The number of rotatable bonds is 6. The third kappa shape index (κ3) is 36.0. The van der Waals surface area contributed by atoms with Crippen LogP contribution in [0, 0.1) is 10.1 Å². The maximum atomic E-state index is 10.3. The monoisotopic (exact) mass is 319 g/mol. The highest BCUT2D eigenvalue weighted by atomic mass is 31.2. The maximum Gasteiger partial charge on any atom is 0.469 e. The number of aliphatic carboxylic acids is 1. The summed E-state index contributed by atoms with van der Waals surface area (Å²) in [5.74, 6) is -0.745. The first-order valence-corrected chi connectivity index (χ1v) is 7.32. The van der Waals surface area contributed by atoms with Crippen LogP contribution in [-0.4, -0.2) is 37.3 Å². The van der Waals surface area contributed by atoms with Crippen LogP contribution in [0.2, 0.25) is 0 Å². The number of nitrogens with zero attached hydrogens (tertiary/aromatic N) is 1. The van der Waals surface area contributed by atoms with Gasteiger partial charge in [0.2, 0.25) is 0 Å². The average molecular weight is 319 g/mol. The number of carboxylic acids is 1. The molecule has 11 heteroatoms. The predicted molar refractivity (Wildman–Crippen MR) is 68.8 cm³/mol. The van der Waals surface area contributed by atoms with Gasteiger partial charge in [-0.2, -0.15) is 0 Å². The van der Waals surface area contributed by atoms with E-state index >= 15 is 0 Å². The minimum absolute atomic E-state index is 0.222. The molecule has 0 saturated carbocycles. The lowest BCUT2D eigenvalue weighted by Crippen LogP contribution is -2.09. The molecule has 4 N–H and O–H groups in total. The zero-order valence-corrected chi connectivity index (χ0v) is 12.5. The van der Waals surface area contributed by atoms with Crippen LogP contribution in [0.5, 0.6) is 0 Å². The Morgan fingerprint density at radius 3 is 1.85 bits per heavy atom. The molecule has 0 aromatic rings. The van der Waals surface area contributed by atoms with E-state index in [1.807, 2.05) is 13.8 Å². The van der Waals surface area contributed by atoms with Gasteiger partial charge >= 0.3 is 13.8 Å². The van der Waals surface area contributed by atoms with Gasteiger partial charge in [-0.05, 0) is 12.8 Å². The van der Waals surface area contributed by atoms with Gasteiger partial charge in [-0.1, -0.05) is 27.2 Å². The lowest BCUT2D eigenvalue weighted by atomic mass is 10.2. The van der Waals surface area contributed by atoms with Crippen LogP contribution in [0.4, 0.5) is 0 Å². The topological polar surface area (TPSA) is 167 Å². The molecule has 0 fully saturated rings. The Kier molecular flexibility index (Phi) is 16.9. The first-order chi connectivity index (χ1) is 8.99. The highest BCUT2D eigenvalue weighted by Crippen LogP contribution is 2.39. The summed E-state index contributed by atoms with van der Waals surface area (Å²) in [5, 5.41) is 21.4. The van der Waals surface area contributed by atoms with E-state index in [1.54, 1.807) is 6.92 Å². The summed E-state index contributed by atoms with van der Waals surface area (Å²) in [6.07, 6.45) is 2.12. The summed E-state index contributed by atoms with van der Waals surface area (Å²) in [6.45, 7) is 5.39. The Balaban J connectivity index is -0.000000266. The molecule has 0 radical (unpaired) electrons. The van der Waals surface area contributed by atoms with Crippen LogP contribution in [0.3, 0.4) is 0 Å². The van der Waals surface area contributed by atoms with E-state index < -0.39 is 18.9 Å². The molecule has 0 aromatic heterocycles. The molecule has 0 saturated heterocycles. The first kappa shape index (κ1) is 23.8. The Hall–Kier alpha value is -1.22. The quantitative estimate of drug-likeness (QED) is 0.324. The molecule has 0 aliphatic rings. The summed E-state index contributed by atoms with van der Waals surface area (Å²) in [4.78, 5) is 34.6. The number of phosphoric ester groups is 1. The van der Waals surface area contributed by atoms with Gasteiger partial charge in [0.05, 0.1) is 6.10 Å². The summed E-state index contributed by atoms with van der Waals surface area (Å²) in [6, 6.07) is 0. The number of carbonyl (C=O) groups is 1. The normalized spacial score (nSPS) is 11.2. The molecule has 0 aliphatic heterocycles. The Morgan fingerprint density at radius 1 is 1.35 bits per heavy atom. The van der Waals surface area contributed by atoms with E-state index in [1.165, 1.54) is 0 Å². The van der Waals surface area contributed by atoms with E-state index in [0.717, 1.165) is 6.42 Å². The van der Waals surface area contributed by atoms with Crippen molar-refractivity contribution in [3.63, 3.8) is 0 Å². The fourth-order valence-electron chi connectivity index (χ4n) is 0.848. The van der Waals surface area contributed by atoms with E-state index in [4.69, 9.17) is 30.2 Å². The highest BCUT2D eigenvalue weighted by Gasteiger charge is 2.19. The zero-order chi connectivity index (χ0) is 16.8. The van der Waals surface area contributed by atoms with Gasteiger partial charge in [-0.15, -0.1) is 10.1 Å². The Bertz CT molecular complexity index is 300. The second-order valence-electron chi connectivity index (χ2n) is 3.40. The summed E-state index contributed by atoms with van der Waals surface area (Å²) < 4.78 is 14.8. The Labute approximate surface area is 116 Å². The summed E-state index contributed by atoms with van der Waals surface area (Å²) in [7, 11) is -4.27. The third-order valence-corrected chi connectivity index (χ3v) is 2.23. The van der Waals surface area contributed by atoms with Gasteiger partial charge in [-0.25, -0.2) is 4.57 Å². The molecule has 0 aliphatic carbocycles. The number of carboxylic acid groups (broad SMARTS) is 1. The van der Waals surface area contributed by atoms with Crippen molar-refractivity contribution in [2.24, 2.45) is 0 Å². The van der Waals surface area contributed by atoms with Crippen molar-refractivity contribution < 1.29 is 39.1 Å². The zero-order valence-electron chi connectivity index (χ0n) is 11.6. The standard InChI is InChI=1S/C6H15O4P.C3H6O2.HNO3/c1-3-5-6(4-2)10-11(7,8)9;1-2-3(4)5;2-1(3)4/h6H,3-5H2,1-2H3,(H2,7,8,9);2H2,1H3,(H,4,5);(H,2,3,4). The number of phosphoric acid groups is 1. The van der Waals surface area contributed by atoms with Crippen LogP contribution >= 0.6 is 7.82 Å². The van der Waals surface area contributed by atoms with Crippen LogP contribution in [0.25, 0.3) is 0 Å². The first-order valence-electron chi connectivity index (χ1n) is 5.79. The summed E-state index contributed by atoms with van der Waals surface area (Å²) in [5.41, 5.74) is 0. The molecule has 122 valence electrons. The SMILES string of the molecule is CCC(=O)O.CCCC(CC)OP(=O)(O)O.O=[N+]([O-])O. The molecule has 0 aromatic carbocycles. The van der Waals surface area contributed by atoms with Gasteiger partial charge in [0.25, 0.3) is 5.09 Å².